The molecule has 0 aliphatic heterocycles. The molecule has 3 aromatic rings. The number of aromatic nitrogens is 1. The SMILES string of the molecule is Cc1cc(N(Cc2ccccc2)Cc2ccccc2)ncc1[N+](=O)[O-]. The van der Waals surface area contributed by atoms with Crippen LogP contribution in [0.15, 0.2) is 72.9 Å². The lowest BCUT2D eigenvalue weighted by Gasteiger charge is -2.24. The standard InChI is InChI=1S/C20H19N3O2/c1-16-12-20(21-13-19(16)23(24)25)22(14-17-8-4-2-5-9-17)15-18-10-6-3-7-11-18/h2-13H,14-15H2,1H3. The molecule has 1 aromatic heterocycles. The summed E-state index contributed by atoms with van der Waals surface area (Å²) in [4.78, 5) is 17.1. The zero-order chi connectivity index (χ0) is 17.6. The lowest BCUT2D eigenvalue weighted by Crippen LogP contribution is -2.23. The molecule has 0 saturated carbocycles. The summed E-state index contributed by atoms with van der Waals surface area (Å²) in [6.07, 6.45) is 1.34. The van der Waals surface area contributed by atoms with Gasteiger partial charge in [-0.15, -0.1) is 0 Å². The molecule has 0 saturated heterocycles. The highest BCUT2D eigenvalue weighted by atomic mass is 16.6. The van der Waals surface area contributed by atoms with E-state index in [9.17, 15) is 10.1 Å². The van der Waals surface area contributed by atoms with Crippen LogP contribution in [0.5, 0.6) is 0 Å². The van der Waals surface area contributed by atoms with Crippen LogP contribution in [-0.4, -0.2) is 9.91 Å². The molecule has 0 radical (unpaired) electrons. The highest BCUT2D eigenvalue weighted by Crippen LogP contribution is 2.24. The third-order valence-corrected chi connectivity index (χ3v) is 4.02. The Balaban J connectivity index is 1.92. The summed E-state index contributed by atoms with van der Waals surface area (Å²) < 4.78 is 0. The second kappa shape index (κ2) is 7.57. The molecule has 0 spiro atoms. The molecule has 5 nitrogen and oxygen atoms in total. The fourth-order valence-electron chi connectivity index (χ4n) is 2.72. The van der Waals surface area contributed by atoms with Crippen LogP contribution >= 0.6 is 0 Å². The summed E-state index contributed by atoms with van der Waals surface area (Å²) in [5.74, 6) is 0.732. The Labute approximate surface area is 146 Å². The maximum atomic E-state index is 11.0. The molecular formula is C20H19N3O2. The normalized spacial score (nSPS) is 10.4. The molecule has 0 atom stereocenters. The van der Waals surface area contributed by atoms with Gasteiger partial charge in [-0.05, 0) is 24.1 Å². The fourth-order valence-corrected chi connectivity index (χ4v) is 2.72. The number of pyridine rings is 1. The summed E-state index contributed by atoms with van der Waals surface area (Å²) in [5, 5.41) is 11.0. The van der Waals surface area contributed by atoms with E-state index in [1.807, 2.05) is 36.4 Å². The molecule has 0 amide bonds. The molecule has 3 rings (SSSR count). The van der Waals surface area contributed by atoms with Crippen LogP contribution in [0.2, 0.25) is 0 Å². The second-order valence-electron chi connectivity index (χ2n) is 5.91. The number of hydrogen-bond donors (Lipinski definition) is 0. The Morgan fingerprint density at radius 1 is 0.960 bits per heavy atom. The number of aryl methyl sites for hydroxylation is 1. The van der Waals surface area contributed by atoms with Gasteiger partial charge in [-0.1, -0.05) is 60.7 Å². The quantitative estimate of drug-likeness (QED) is 0.492. The molecule has 126 valence electrons. The predicted octanol–water partition coefficient (Wildman–Crippen LogP) is 4.51. The number of anilines is 1. The van der Waals surface area contributed by atoms with Crippen LogP contribution in [0.3, 0.4) is 0 Å². The van der Waals surface area contributed by atoms with Gasteiger partial charge >= 0.3 is 0 Å². The van der Waals surface area contributed by atoms with Gasteiger partial charge in [-0.3, -0.25) is 10.1 Å². The van der Waals surface area contributed by atoms with Crippen LogP contribution in [0, 0.1) is 17.0 Å². The Morgan fingerprint density at radius 3 is 1.92 bits per heavy atom. The van der Waals surface area contributed by atoms with E-state index < -0.39 is 4.92 Å². The van der Waals surface area contributed by atoms with Gasteiger partial charge in [0.25, 0.3) is 5.69 Å². The van der Waals surface area contributed by atoms with E-state index in [4.69, 9.17) is 0 Å². The molecule has 0 aliphatic carbocycles. The van der Waals surface area contributed by atoms with Gasteiger partial charge in [-0.2, -0.15) is 0 Å². The van der Waals surface area contributed by atoms with Crippen molar-refractivity contribution in [3.63, 3.8) is 0 Å². The van der Waals surface area contributed by atoms with Crippen molar-refractivity contribution in [1.82, 2.24) is 4.98 Å². The van der Waals surface area contributed by atoms with Crippen molar-refractivity contribution in [2.24, 2.45) is 0 Å². The average molecular weight is 333 g/mol. The lowest BCUT2D eigenvalue weighted by molar-refractivity contribution is -0.385. The number of rotatable bonds is 6. The van der Waals surface area contributed by atoms with Crippen molar-refractivity contribution < 1.29 is 4.92 Å². The van der Waals surface area contributed by atoms with Crippen molar-refractivity contribution in [2.45, 2.75) is 20.0 Å². The summed E-state index contributed by atoms with van der Waals surface area (Å²) in [6.45, 7) is 3.10. The van der Waals surface area contributed by atoms with Gasteiger partial charge < -0.3 is 4.90 Å². The largest absolute Gasteiger partial charge is 0.348 e. The van der Waals surface area contributed by atoms with Gasteiger partial charge in [0, 0.05) is 18.7 Å². The van der Waals surface area contributed by atoms with Crippen LogP contribution in [0.1, 0.15) is 16.7 Å². The van der Waals surface area contributed by atoms with E-state index in [0.717, 1.165) is 16.9 Å². The first-order chi connectivity index (χ1) is 12.1. The van der Waals surface area contributed by atoms with E-state index in [2.05, 4.69) is 34.1 Å². The Bertz CT molecular complexity index is 810. The number of nitro groups is 1. The maximum Gasteiger partial charge on any atom is 0.290 e. The first-order valence-electron chi connectivity index (χ1n) is 8.07. The highest BCUT2D eigenvalue weighted by molar-refractivity contribution is 5.49. The lowest BCUT2D eigenvalue weighted by atomic mass is 10.1. The first kappa shape index (κ1) is 16.6. The number of hydrogen-bond acceptors (Lipinski definition) is 4. The van der Waals surface area contributed by atoms with Crippen LogP contribution in [0.4, 0.5) is 11.5 Å². The number of nitrogens with zero attached hydrogens (tertiary/aromatic N) is 3. The van der Waals surface area contributed by atoms with Crippen molar-refractivity contribution in [1.29, 1.82) is 0 Å². The monoisotopic (exact) mass is 333 g/mol. The van der Waals surface area contributed by atoms with E-state index in [1.165, 1.54) is 6.20 Å². The molecule has 25 heavy (non-hydrogen) atoms. The van der Waals surface area contributed by atoms with E-state index in [1.54, 1.807) is 13.0 Å². The van der Waals surface area contributed by atoms with Gasteiger partial charge in [0.05, 0.1) is 4.92 Å². The van der Waals surface area contributed by atoms with Crippen LogP contribution in [-0.2, 0) is 13.1 Å². The van der Waals surface area contributed by atoms with Gasteiger partial charge in [0.2, 0.25) is 0 Å². The average Bonchev–Trinajstić information content (AvgIpc) is 2.62. The fraction of sp³-hybridized carbons (Fsp3) is 0.150. The molecular weight excluding hydrogens is 314 g/mol. The van der Waals surface area contributed by atoms with Crippen LogP contribution in [0.25, 0.3) is 0 Å². The Morgan fingerprint density at radius 2 is 1.48 bits per heavy atom. The minimum absolute atomic E-state index is 0.0446. The molecule has 5 heteroatoms. The smallest absolute Gasteiger partial charge is 0.290 e. The third-order valence-electron chi connectivity index (χ3n) is 4.02. The molecule has 0 N–H and O–H groups in total. The molecule has 2 aromatic carbocycles. The maximum absolute atomic E-state index is 11.0. The second-order valence-corrected chi connectivity index (χ2v) is 5.91. The summed E-state index contributed by atoms with van der Waals surface area (Å²) in [7, 11) is 0. The predicted molar refractivity (Wildman–Crippen MR) is 98.4 cm³/mol. The van der Waals surface area contributed by atoms with Crippen LogP contribution < -0.4 is 4.90 Å². The molecule has 0 fully saturated rings. The van der Waals surface area contributed by atoms with E-state index in [-0.39, 0.29) is 5.69 Å². The summed E-state index contributed by atoms with van der Waals surface area (Å²) in [5.41, 5.74) is 2.98. The minimum atomic E-state index is -0.398. The molecule has 0 bridgehead atoms. The van der Waals surface area contributed by atoms with Gasteiger partial charge in [0.15, 0.2) is 0 Å². The Kier molecular flexibility index (Phi) is 5.04. The molecule has 0 unspecified atom stereocenters. The van der Waals surface area contributed by atoms with Crippen molar-refractivity contribution in [3.05, 3.63) is 99.7 Å². The topological polar surface area (TPSA) is 59.3 Å². The Hall–Kier alpha value is -3.21. The van der Waals surface area contributed by atoms with Crippen molar-refractivity contribution in [2.75, 3.05) is 4.90 Å². The third kappa shape index (κ3) is 4.20. The van der Waals surface area contributed by atoms with Crippen molar-refractivity contribution >= 4 is 11.5 Å². The zero-order valence-electron chi connectivity index (χ0n) is 14.0. The number of benzene rings is 2. The molecule has 0 aliphatic rings. The summed E-state index contributed by atoms with van der Waals surface area (Å²) in [6, 6.07) is 22.0. The first-order valence-corrected chi connectivity index (χ1v) is 8.07. The van der Waals surface area contributed by atoms with E-state index in [0.29, 0.717) is 18.7 Å². The highest BCUT2D eigenvalue weighted by Gasteiger charge is 2.16. The zero-order valence-corrected chi connectivity index (χ0v) is 14.0. The van der Waals surface area contributed by atoms with E-state index >= 15 is 0 Å². The minimum Gasteiger partial charge on any atom is -0.348 e. The molecule has 1 heterocycles. The van der Waals surface area contributed by atoms with Gasteiger partial charge in [-0.25, -0.2) is 4.98 Å². The summed E-state index contributed by atoms with van der Waals surface area (Å²) >= 11 is 0. The van der Waals surface area contributed by atoms with Crippen molar-refractivity contribution in [3.8, 4) is 0 Å². The van der Waals surface area contributed by atoms with Gasteiger partial charge in [0.1, 0.15) is 12.0 Å².